The molecule has 1 aliphatic rings. The Morgan fingerprint density at radius 1 is 1.43 bits per heavy atom. The van der Waals surface area contributed by atoms with E-state index in [2.05, 4.69) is 27.3 Å². The predicted octanol–water partition coefficient (Wildman–Crippen LogP) is 1.86. The van der Waals surface area contributed by atoms with Gasteiger partial charge < -0.3 is 9.84 Å². The molecule has 1 N–H and O–H groups in total. The summed E-state index contributed by atoms with van der Waals surface area (Å²) in [6, 6.07) is 6.54. The highest BCUT2D eigenvalue weighted by molar-refractivity contribution is 5.85. The van der Waals surface area contributed by atoms with Crippen molar-refractivity contribution in [2.75, 3.05) is 19.6 Å². The van der Waals surface area contributed by atoms with Gasteiger partial charge in [0, 0.05) is 43.4 Å². The van der Waals surface area contributed by atoms with Crippen molar-refractivity contribution < 1.29 is 9.45 Å². The molecule has 9 heteroatoms. The molecule has 1 atom stereocenters. The number of aromatic nitrogens is 2. The first-order chi connectivity index (χ1) is 10.6. The van der Waals surface area contributed by atoms with Crippen LogP contribution in [0.1, 0.15) is 12.8 Å². The van der Waals surface area contributed by atoms with Crippen LogP contribution in [0.3, 0.4) is 0 Å². The van der Waals surface area contributed by atoms with Crippen molar-refractivity contribution in [1.82, 2.24) is 20.4 Å². The van der Waals surface area contributed by atoms with Crippen LogP contribution in [0, 0.1) is 10.1 Å². The van der Waals surface area contributed by atoms with Gasteiger partial charge in [-0.15, -0.1) is 12.4 Å². The minimum atomic E-state index is -0.433. The third kappa shape index (κ3) is 4.04. The van der Waals surface area contributed by atoms with Crippen LogP contribution >= 0.6 is 12.4 Å². The highest BCUT2D eigenvalue weighted by Crippen LogP contribution is 2.20. The molecule has 0 amide bonds. The molecule has 1 fully saturated rings. The summed E-state index contributed by atoms with van der Waals surface area (Å²) in [6.07, 6.45) is 0. The van der Waals surface area contributed by atoms with Gasteiger partial charge in [-0.05, 0) is 19.1 Å². The van der Waals surface area contributed by atoms with Crippen LogP contribution in [0.25, 0.3) is 11.4 Å². The van der Waals surface area contributed by atoms with Crippen molar-refractivity contribution in [3.8, 4) is 11.4 Å². The van der Waals surface area contributed by atoms with E-state index in [1.54, 1.807) is 12.1 Å². The van der Waals surface area contributed by atoms with E-state index in [9.17, 15) is 10.1 Å². The number of nitro benzene ring substituents is 1. The van der Waals surface area contributed by atoms with Gasteiger partial charge in [-0.3, -0.25) is 15.0 Å². The SMILES string of the molecule is C[C@@H]1CNCCN1Cc1nc(-c2ccc([N+](=O)[O-])cc2)no1.Cl. The van der Waals surface area contributed by atoms with Crippen LogP contribution < -0.4 is 5.32 Å². The van der Waals surface area contributed by atoms with Gasteiger partial charge in [0.1, 0.15) is 0 Å². The Hall–Kier alpha value is -2.03. The first-order valence-electron chi connectivity index (χ1n) is 7.15. The molecule has 124 valence electrons. The smallest absolute Gasteiger partial charge is 0.269 e. The molecule has 0 bridgehead atoms. The van der Waals surface area contributed by atoms with Crippen LogP contribution in [0.15, 0.2) is 28.8 Å². The highest BCUT2D eigenvalue weighted by atomic mass is 35.5. The van der Waals surface area contributed by atoms with Crippen molar-refractivity contribution >= 4 is 18.1 Å². The molecule has 0 radical (unpaired) electrons. The fourth-order valence-electron chi connectivity index (χ4n) is 2.46. The maximum absolute atomic E-state index is 10.7. The molecule has 0 spiro atoms. The molecule has 2 heterocycles. The van der Waals surface area contributed by atoms with Crippen LogP contribution in [-0.2, 0) is 6.54 Å². The lowest BCUT2D eigenvalue weighted by molar-refractivity contribution is -0.384. The second-order valence-electron chi connectivity index (χ2n) is 5.34. The Morgan fingerprint density at radius 3 is 2.83 bits per heavy atom. The van der Waals surface area contributed by atoms with E-state index >= 15 is 0 Å². The standard InChI is InChI=1S/C14H17N5O3.ClH/c1-10-8-15-6-7-18(10)9-13-16-14(17-22-13)11-2-4-12(5-3-11)19(20)21;/h2-5,10,15H,6-9H2,1H3;1H/t10-;/m1./s1. The van der Waals surface area contributed by atoms with Gasteiger partial charge in [0.05, 0.1) is 11.5 Å². The van der Waals surface area contributed by atoms with E-state index in [0.717, 1.165) is 19.6 Å². The third-order valence-electron chi connectivity index (χ3n) is 3.78. The van der Waals surface area contributed by atoms with Crippen molar-refractivity contribution in [2.24, 2.45) is 0 Å². The number of rotatable bonds is 4. The summed E-state index contributed by atoms with van der Waals surface area (Å²) in [5, 5.41) is 17.9. The monoisotopic (exact) mass is 339 g/mol. The lowest BCUT2D eigenvalue weighted by atomic mass is 10.2. The molecular formula is C14H18ClN5O3. The van der Waals surface area contributed by atoms with Crippen molar-refractivity contribution in [1.29, 1.82) is 0 Å². The first-order valence-corrected chi connectivity index (χ1v) is 7.15. The number of nitrogens with one attached hydrogen (secondary N) is 1. The van der Waals surface area contributed by atoms with E-state index in [4.69, 9.17) is 4.52 Å². The molecule has 3 rings (SSSR count). The van der Waals surface area contributed by atoms with Gasteiger partial charge in [0.15, 0.2) is 0 Å². The van der Waals surface area contributed by atoms with Crippen LogP contribution in [0.5, 0.6) is 0 Å². The van der Waals surface area contributed by atoms with E-state index in [-0.39, 0.29) is 18.1 Å². The fraction of sp³-hybridized carbons (Fsp3) is 0.429. The summed E-state index contributed by atoms with van der Waals surface area (Å²) in [6.45, 7) is 5.61. The number of halogens is 1. The second kappa shape index (κ2) is 7.49. The molecule has 0 aliphatic carbocycles. The molecule has 0 saturated carbocycles. The number of hydrogen-bond acceptors (Lipinski definition) is 7. The first kappa shape index (κ1) is 17.3. The van der Waals surface area contributed by atoms with Gasteiger partial charge in [0.25, 0.3) is 5.69 Å². The van der Waals surface area contributed by atoms with Gasteiger partial charge in [-0.2, -0.15) is 4.98 Å². The van der Waals surface area contributed by atoms with E-state index in [1.165, 1.54) is 12.1 Å². The number of nitrogens with zero attached hydrogens (tertiary/aromatic N) is 4. The molecule has 1 aromatic heterocycles. The zero-order chi connectivity index (χ0) is 15.5. The maximum atomic E-state index is 10.7. The van der Waals surface area contributed by atoms with Gasteiger partial charge in [-0.25, -0.2) is 0 Å². The van der Waals surface area contributed by atoms with E-state index < -0.39 is 4.92 Å². The van der Waals surface area contributed by atoms with E-state index in [0.29, 0.717) is 29.9 Å². The highest BCUT2D eigenvalue weighted by Gasteiger charge is 2.20. The van der Waals surface area contributed by atoms with Crippen molar-refractivity contribution in [2.45, 2.75) is 19.5 Å². The summed E-state index contributed by atoms with van der Waals surface area (Å²) < 4.78 is 5.29. The van der Waals surface area contributed by atoms with Crippen molar-refractivity contribution in [3.63, 3.8) is 0 Å². The summed E-state index contributed by atoms with van der Waals surface area (Å²) in [7, 11) is 0. The normalized spacial score (nSPS) is 18.4. The number of piperazine rings is 1. The lowest BCUT2D eigenvalue weighted by Crippen LogP contribution is -2.49. The minimum Gasteiger partial charge on any atom is -0.338 e. The fourth-order valence-corrected chi connectivity index (χ4v) is 2.46. The van der Waals surface area contributed by atoms with Gasteiger partial charge in [0.2, 0.25) is 11.7 Å². The second-order valence-corrected chi connectivity index (χ2v) is 5.34. The average Bonchev–Trinajstić information content (AvgIpc) is 2.98. The number of benzene rings is 1. The van der Waals surface area contributed by atoms with Gasteiger partial charge >= 0.3 is 0 Å². The summed E-state index contributed by atoms with van der Waals surface area (Å²) in [5.41, 5.74) is 0.746. The summed E-state index contributed by atoms with van der Waals surface area (Å²) >= 11 is 0. The summed E-state index contributed by atoms with van der Waals surface area (Å²) in [5.74, 6) is 1.01. The Kier molecular flexibility index (Phi) is 5.64. The molecule has 23 heavy (non-hydrogen) atoms. The van der Waals surface area contributed by atoms with Gasteiger partial charge in [-0.1, -0.05) is 5.16 Å². The Balaban J connectivity index is 0.00000192. The third-order valence-corrected chi connectivity index (χ3v) is 3.78. The van der Waals surface area contributed by atoms with Crippen LogP contribution in [0.2, 0.25) is 0 Å². The maximum Gasteiger partial charge on any atom is 0.269 e. The largest absolute Gasteiger partial charge is 0.338 e. The number of hydrogen-bond donors (Lipinski definition) is 1. The predicted molar refractivity (Wildman–Crippen MR) is 86.4 cm³/mol. The van der Waals surface area contributed by atoms with Crippen LogP contribution in [-0.4, -0.2) is 45.6 Å². The molecule has 1 aliphatic heterocycles. The van der Waals surface area contributed by atoms with E-state index in [1.807, 2.05) is 0 Å². The lowest BCUT2D eigenvalue weighted by Gasteiger charge is -2.32. The molecule has 2 aromatic rings. The Bertz CT molecular complexity index is 661. The minimum absolute atomic E-state index is 0. The molecular weight excluding hydrogens is 322 g/mol. The average molecular weight is 340 g/mol. The Labute approximate surface area is 139 Å². The topological polar surface area (TPSA) is 97.3 Å². The zero-order valence-corrected chi connectivity index (χ0v) is 13.5. The number of non-ortho nitro benzene ring substituents is 1. The Morgan fingerprint density at radius 2 is 2.17 bits per heavy atom. The van der Waals surface area contributed by atoms with Crippen molar-refractivity contribution in [3.05, 3.63) is 40.3 Å². The molecule has 8 nitrogen and oxygen atoms in total. The molecule has 1 saturated heterocycles. The summed E-state index contributed by atoms with van der Waals surface area (Å²) in [4.78, 5) is 16.9. The molecule has 0 unspecified atom stereocenters. The molecule has 1 aromatic carbocycles. The quantitative estimate of drug-likeness (QED) is 0.670. The van der Waals surface area contributed by atoms with Crippen LogP contribution in [0.4, 0.5) is 5.69 Å². The zero-order valence-electron chi connectivity index (χ0n) is 12.6. The number of nitro groups is 1.